The van der Waals surface area contributed by atoms with E-state index in [9.17, 15) is 13.5 Å². The number of rotatable bonds is 3. The Morgan fingerprint density at radius 2 is 1.89 bits per heavy atom. The van der Waals surface area contributed by atoms with E-state index in [0.717, 1.165) is 5.56 Å². The minimum atomic E-state index is -3.51. The minimum Gasteiger partial charge on any atom is -0.508 e. The second-order valence-corrected chi connectivity index (χ2v) is 6.43. The number of nitrogens with two attached hydrogens (primary N) is 1. The summed E-state index contributed by atoms with van der Waals surface area (Å²) in [5.41, 5.74) is 7.45. The number of aromatic hydroxyl groups is 1. The summed E-state index contributed by atoms with van der Waals surface area (Å²) in [5.74, 6) is -0.140. The van der Waals surface area contributed by atoms with Crippen LogP contribution in [0.3, 0.4) is 0 Å². The lowest BCUT2D eigenvalue weighted by Gasteiger charge is -2.08. The molecule has 4 nitrogen and oxygen atoms in total. The van der Waals surface area contributed by atoms with E-state index < -0.39 is 9.84 Å². The summed E-state index contributed by atoms with van der Waals surface area (Å²) >= 11 is 0. The summed E-state index contributed by atoms with van der Waals surface area (Å²) in [4.78, 5) is 0.126. The lowest BCUT2D eigenvalue weighted by atomic mass is 10.2. The molecule has 0 aliphatic carbocycles. The molecule has 2 rings (SSSR count). The van der Waals surface area contributed by atoms with Crippen molar-refractivity contribution in [3.05, 3.63) is 53.6 Å². The number of aryl methyl sites for hydroxylation is 1. The number of phenolic OH excluding ortho intramolecular Hbond substituents is 1. The van der Waals surface area contributed by atoms with Crippen molar-refractivity contribution in [2.75, 3.05) is 5.73 Å². The molecule has 2 aromatic carbocycles. The topological polar surface area (TPSA) is 80.4 Å². The maximum absolute atomic E-state index is 12.3. The van der Waals surface area contributed by atoms with Gasteiger partial charge in [-0.3, -0.25) is 0 Å². The highest BCUT2D eigenvalue weighted by molar-refractivity contribution is 7.90. The summed E-state index contributed by atoms with van der Waals surface area (Å²) in [6.07, 6.45) is 0. The summed E-state index contributed by atoms with van der Waals surface area (Å²) in [6, 6.07) is 11.1. The SMILES string of the molecule is Cc1ccc(S(=O)(=O)Cc2cccc(O)c2)c(N)c1. The molecule has 0 radical (unpaired) electrons. The number of hydrogen-bond donors (Lipinski definition) is 2. The Bertz CT molecular complexity index is 708. The Balaban J connectivity index is 2.38. The van der Waals surface area contributed by atoms with E-state index in [0.29, 0.717) is 5.56 Å². The molecule has 0 fully saturated rings. The molecule has 0 saturated heterocycles. The fraction of sp³-hybridized carbons (Fsp3) is 0.143. The number of nitrogen functional groups attached to an aromatic ring is 1. The average molecular weight is 277 g/mol. The smallest absolute Gasteiger partial charge is 0.184 e. The molecule has 0 aromatic heterocycles. The van der Waals surface area contributed by atoms with E-state index in [4.69, 9.17) is 5.73 Å². The molecule has 19 heavy (non-hydrogen) atoms. The molecule has 0 spiro atoms. The second-order valence-electron chi connectivity index (χ2n) is 4.47. The third kappa shape index (κ3) is 3.06. The van der Waals surface area contributed by atoms with Crippen molar-refractivity contribution < 1.29 is 13.5 Å². The predicted molar refractivity (Wildman–Crippen MR) is 74.6 cm³/mol. The lowest BCUT2D eigenvalue weighted by molar-refractivity contribution is 0.475. The van der Waals surface area contributed by atoms with Gasteiger partial charge in [-0.1, -0.05) is 18.2 Å². The molecule has 0 aliphatic heterocycles. The Morgan fingerprint density at radius 3 is 2.53 bits per heavy atom. The van der Waals surface area contributed by atoms with Gasteiger partial charge in [-0.15, -0.1) is 0 Å². The van der Waals surface area contributed by atoms with Gasteiger partial charge in [-0.25, -0.2) is 8.42 Å². The van der Waals surface area contributed by atoms with Gasteiger partial charge in [0.25, 0.3) is 0 Å². The van der Waals surface area contributed by atoms with Gasteiger partial charge in [-0.2, -0.15) is 0 Å². The van der Waals surface area contributed by atoms with E-state index in [1.165, 1.54) is 18.2 Å². The molecule has 0 unspecified atom stereocenters. The largest absolute Gasteiger partial charge is 0.508 e. The third-order valence-corrected chi connectivity index (χ3v) is 4.52. The highest BCUT2D eigenvalue weighted by atomic mass is 32.2. The first-order valence-electron chi connectivity index (χ1n) is 5.75. The zero-order chi connectivity index (χ0) is 14.0. The van der Waals surface area contributed by atoms with Crippen LogP contribution in [0.4, 0.5) is 5.69 Å². The molecule has 0 bridgehead atoms. The molecule has 0 atom stereocenters. The monoisotopic (exact) mass is 277 g/mol. The molecule has 2 aromatic rings. The van der Waals surface area contributed by atoms with Gasteiger partial charge in [0.15, 0.2) is 9.84 Å². The molecule has 0 aliphatic rings. The average Bonchev–Trinajstić information content (AvgIpc) is 2.27. The van der Waals surface area contributed by atoms with Crippen LogP contribution in [0.5, 0.6) is 5.75 Å². The van der Waals surface area contributed by atoms with Crippen molar-refractivity contribution in [2.24, 2.45) is 0 Å². The lowest BCUT2D eigenvalue weighted by Crippen LogP contribution is -2.08. The van der Waals surface area contributed by atoms with Gasteiger partial charge in [0.2, 0.25) is 0 Å². The van der Waals surface area contributed by atoms with E-state index in [-0.39, 0.29) is 22.1 Å². The predicted octanol–water partition coefficient (Wildman–Crippen LogP) is 2.26. The fourth-order valence-electron chi connectivity index (χ4n) is 1.89. The summed E-state index contributed by atoms with van der Waals surface area (Å²) in [6.45, 7) is 1.85. The molecule has 5 heteroatoms. The van der Waals surface area contributed by atoms with Gasteiger partial charge in [0, 0.05) is 0 Å². The number of benzene rings is 2. The van der Waals surface area contributed by atoms with Gasteiger partial charge >= 0.3 is 0 Å². The fourth-order valence-corrected chi connectivity index (χ4v) is 3.36. The minimum absolute atomic E-state index is 0.0459. The van der Waals surface area contributed by atoms with Crippen molar-refractivity contribution in [3.8, 4) is 5.75 Å². The van der Waals surface area contributed by atoms with Crippen molar-refractivity contribution >= 4 is 15.5 Å². The van der Waals surface area contributed by atoms with Crippen LogP contribution >= 0.6 is 0 Å². The van der Waals surface area contributed by atoms with Crippen LogP contribution in [0.1, 0.15) is 11.1 Å². The van der Waals surface area contributed by atoms with Crippen LogP contribution < -0.4 is 5.73 Å². The Morgan fingerprint density at radius 1 is 1.16 bits per heavy atom. The van der Waals surface area contributed by atoms with Crippen LogP contribution in [0.2, 0.25) is 0 Å². The zero-order valence-corrected chi connectivity index (χ0v) is 11.3. The number of anilines is 1. The van der Waals surface area contributed by atoms with Crippen LogP contribution in [-0.4, -0.2) is 13.5 Å². The zero-order valence-electron chi connectivity index (χ0n) is 10.5. The van der Waals surface area contributed by atoms with Gasteiger partial charge in [-0.05, 0) is 42.3 Å². The number of sulfone groups is 1. The summed E-state index contributed by atoms with van der Waals surface area (Å²) < 4.78 is 24.6. The highest BCUT2D eigenvalue weighted by Crippen LogP contribution is 2.24. The van der Waals surface area contributed by atoms with Crippen molar-refractivity contribution in [1.29, 1.82) is 0 Å². The molecule has 100 valence electrons. The highest BCUT2D eigenvalue weighted by Gasteiger charge is 2.18. The normalized spacial score (nSPS) is 11.4. The van der Waals surface area contributed by atoms with Crippen molar-refractivity contribution in [1.82, 2.24) is 0 Å². The quantitative estimate of drug-likeness (QED) is 0.843. The van der Waals surface area contributed by atoms with E-state index >= 15 is 0 Å². The van der Waals surface area contributed by atoms with E-state index in [1.54, 1.807) is 24.3 Å². The molecule has 0 saturated carbocycles. The Labute approximate surface area is 112 Å². The Kier molecular flexibility index (Phi) is 3.48. The van der Waals surface area contributed by atoms with Crippen LogP contribution in [0, 0.1) is 6.92 Å². The van der Waals surface area contributed by atoms with E-state index in [1.807, 2.05) is 6.92 Å². The van der Waals surface area contributed by atoms with Crippen LogP contribution in [-0.2, 0) is 15.6 Å². The van der Waals surface area contributed by atoms with E-state index in [2.05, 4.69) is 0 Å². The molecule has 0 heterocycles. The Hall–Kier alpha value is -2.01. The second kappa shape index (κ2) is 4.93. The summed E-state index contributed by atoms with van der Waals surface area (Å²) in [7, 11) is -3.51. The first-order chi connectivity index (χ1) is 8.88. The molecular weight excluding hydrogens is 262 g/mol. The molecule has 0 amide bonds. The first-order valence-corrected chi connectivity index (χ1v) is 7.40. The standard InChI is InChI=1S/C14H15NO3S/c1-10-5-6-14(13(15)7-10)19(17,18)9-11-3-2-4-12(16)8-11/h2-8,16H,9,15H2,1H3. The third-order valence-electron chi connectivity index (χ3n) is 2.77. The molecular formula is C14H15NO3S. The van der Waals surface area contributed by atoms with Gasteiger partial charge in [0.1, 0.15) is 5.75 Å². The van der Waals surface area contributed by atoms with Gasteiger partial charge in [0.05, 0.1) is 16.3 Å². The number of hydrogen-bond acceptors (Lipinski definition) is 4. The summed E-state index contributed by atoms with van der Waals surface area (Å²) in [5, 5.41) is 9.35. The number of phenols is 1. The van der Waals surface area contributed by atoms with Crippen molar-refractivity contribution in [2.45, 2.75) is 17.6 Å². The first kappa shape index (κ1) is 13.4. The van der Waals surface area contributed by atoms with Gasteiger partial charge < -0.3 is 10.8 Å². The maximum atomic E-state index is 12.3. The van der Waals surface area contributed by atoms with Crippen LogP contribution in [0.15, 0.2) is 47.4 Å². The van der Waals surface area contributed by atoms with Crippen molar-refractivity contribution in [3.63, 3.8) is 0 Å². The molecule has 3 N–H and O–H groups in total. The maximum Gasteiger partial charge on any atom is 0.184 e. The van der Waals surface area contributed by atoms with Crippen LogP contribution in [0.25, 0.3) is 0 Å².